The summed E-state index contributed by atoms with van der Waals surface area (Å²) in [7, 11) is 0. The Morgan fingerprint density at radius 2 is 2.21 bits per heavy atom. The molecule has 4 nitrogen and oxygen atoms in total. The molecule has 0 bridgehead atoms. The fraction of sp³-hybridized carbons (Fsp3) is 0.600. The Kier molecular flexibility index (Phi) is 1.87. The normalized spacial score (nSPS) is 18.1. The van der Waals surface area contributed by atoms with E-state index in [1.54, 1.807) is 0 Å². The van der Waals surface area contributed by atoms with E-state index < -0.39 is 0 Å². The van der Waals surface area contributed by atoms with Gasteiger partial charge in [0.2, 0.25) is 5.88 Å². The van der Waals surface area contributed by atoms with Gasteiger partial charge < -0.3 is 10.1 Å². The summed E-state index contributed by atoms with van der Waals surface area (Å²) in [4.78, 5) is 18.3. The van der Waals surface area contributed by atoms with Gasteiger partial charge in [-0.1, -0.05) is 13.8 Å². The molecular formula is C10H14N2O2. The molecule has 0 amide bonds. The smallest absolute Gasteiger partial charge is 0.257 e. The van der Waals surface area contributed by atoms with E-state index in [0.717, 1.165) is 12.8 Å². The lowest BCUT2D eigenvalue weighted by Crippen LogP contribution is -2.20. The van der Waals surface area contributed by atoms with Gasteiger partial charge in [0.25, 0.3) is 5.56 Å². The Bertz CT molecular complexity index is 419. The van der Waals surface area contributed by atoms with Crippen LogP contribution in [0.3, 0.4) is 0 Å². The molecule has 0 aromatic carbocycles. The van der Waals surface area contributed by atoms with E-state index in [1.165, 1.54) is 0 Å². The molecule has 1 aromatic rings. The molecule has 0 unspecified atom stereocenters. The topological polar surface area (TPSA) is 66.0 Å². The van der Waals surface area contributed by atoms with Crippen LogP contribution in [0.4, 0.5) is 0 Å². The third-order valence-corrected chi connectivity index (χ3v) is 2.92. The molecular weight excluding hydrogens is 180 g/mol. The number of aromatic amines is 1. The van der Waals surface area contributed by atoms with Gasteiger partial charge in [-0.15, -0.1) is 0 Å². The molecule has 0 saturated heterocycles. The monoisotopic (exact) mass is 194 g/mol. The maximum Gasteiger partial charge on any atom is 0.257 e. The van der Waals surface area contributed by atoms with E-state index >= 15 is 0 Å². The van der Waals surface area contributed by atoms with Crippen molar-refractivity contribution in [3.8, 4) is 5.88 Å². The van der Waals surface area contributed by atoms with E-state index in [9.17, 15) is 9.90 Å². The van der Waals surface area contributed by atoms with Crippen molar-refractivity contribution in [3.63, 3.8) is 0 Å². The third-order valence-electron chi connectivity index (χ3n) is 2.92. The Hall–Kier alpha value is -1.32. The Balaban J connectivity index is 2.52. The summed E-state index contributed by atoms with van der Waals surface area (Å²) in [6.07, 6.45) is 2.56. The van der Waals surface area contributed by atoms with Gasteiger partial charge in [-0.3, -0.25) is 4.79 Å². The number of H-pyrrole nitrogens is 1. The fourth-order valence-corrected chi connectivity index (χ4v) is 1.51. The van der Waals surface area contributed by atoms with Crippen LogP contribution in [0.15, 0.2) is 4.79 Å². The van der Waals surface area contributed by atoms with Gasteiger partial charge in [-0.25, -0.2) is 0 Å². The molecule has 1 aliphatic rings. The quantitative estimate of drug-likeness (QED) is 0.740. The van der Waals surface area contributed by atoms with Crippen molar-refractivity contribution in [3.05, 3.63) is 21.7 Å². The molecule has 1 fully saturated rings. The molecule has 76 valence electrons. The lowest BCUT2D eigenvalue weighted by Gasteiger charge is -2.08. The Morgan fingerprint density at radius 1 is 1.57 bits per heavy atom. The first-order chi connectivity index (χ1) is 6.57. The molecule has 0 atom stereocenters. The second kappa shape index (κ2) is 2.83. The molecule has 1 aromatic heterocycles. The van der Waals surface area contributed by atoms with Crippen molar-refractivity contribution in [2.75, 3.05) is 0 Å². The van der Waals surface area contributed by atoms with E-state index in [4.69, 9.17) is 0 Å². The SMILES string of the molecule is CCc1c(O)nc(C2(C)CC2)[nH]c1=O. The summed E-state index contributed by atoms with van der Waals surface area (Å²) in [5.41, 5.74) is 0.157. The van der Waals surface area contributed by atoms with Crippen molar-refractivity contribution >= 4 is 0 Å². The molecule has 4 heteroatoms. The largest absolute Gasteiger partial charge is 0.493 e. The number of hydrogen-bond acceptors (Lipinski definition) is 3. The first kappa shape index (κ1) is 9.24. The zero-order chi connectivity index (χ0) is 10.3. The van der Waals surface area contributed by atoms with Gasteiger partial charge in [-0.05, 0) is 19.3 Å². The molecule has 2 rings (SSSR count). The summed E-state index contributed by atoms with van der Waals surface area (Å²) >= 11 is 0. The molecule has 2 N–H and O–H groups in total. The maximum atomic E-state index is 11.5. The van der Waals surface area contributed by atoms with Crippen LogP contribution in [0, 0.1) is 0 Å². The number of nitrogens with zero attached hydrogens (tertiary/aromatic N) is 1. The summed E-state index contributed by atoms with van der Waals surface area (Å²) in [5, 5.41) is 9.53. The minimum atomic E-state index is -0.205. The number of nitrogens with one attached hydrogen (secondary N) is 1. The fourth-order valence-electron chi connectivity index (χ4n) is 1.51. The molecule has 14 heavy (non-hydrogen) atoms. The first-order valence-corrected chi connectivity index (χ1v) is 4.89. The second-order valence-corrected chi connectivity index (χ2v) is 4.13. The van der Waals surface area contributed by atoms with Gasteiger partial charge in [0.1, 0.15) is 5.82 Å². The average molecular weight is 194 g/mol. The van der Waals surface area contributed by atoms with Crippen LogP contribution < -0.4 is 5.56 Å². The Labute approximate surface area is 82.0 Å². The van der Waals surface area contributed by atoms with Crippen molar-refractivity contribution in [1.82, 2.24) is 9.97 Å². The molecule has 0 aliphatic heterocycles. The summed E-state index contributed by atoms with van der Waals surface area (Å²) < 4.78 is 0. The number of aromatic hydroxyl groups is 1. The first-order valence-electron chi connectivity index (χ1n) is 4.89. The van der Waals surface area contributed by atoms with E-state index in [2.05, 4.69) is 9.97 Å². The zero-order valence-corrected chi connectivity index (χ0v) is 8.42. The van der Waals surface area contributed by atoms with Gasteiger partial charge in [0.05, 0.1) is 5.56 Å². The minimum absolute atomic E-state index is 0.0110. The second-order valence-electron chi connectivity index (χ2n) is 4.13. The molecule has 0 spiro atoms. The van der Waals surface area contributed by atoms with Gasteiger partial charge in [0, 0.05) is 5.41 Å². The van der Waals surface area contributed by atoms with Crippen LogP contribution in [0.5, 0.6) is 5.88 Å². The highest BCUT2D eigenvalue weighted by Gasteiger charge is 2.42. The van der Waals surface area contributed by atoms with Crippen LogP contribution in [-0.4, -0.2) is 15.1 Å². The average Bonchev–Trinajstić information content (AvgIpc) is 2.84. The third kappa shape index (κ3) is 1.31. The number of aromatic nitrogens is 2. The highest BCUT2D eigenvalue weighted by atomic mass is 16.3. The molecule has 1 aliphatic carbocycles. The highest BCUT2D eigenvalue weighted by molar-refractivity contribution is 5.26. The molecule has 0 radical (unpaired) electrons. The van der Waals surface area contributed by atoms with Crippen molar-refractivity contribution in [1.29, 1.82) is 0 Å². The lowest BCUT2D eigenvalue weighted by molar-refractivity contribution is 0.436. The van der Waals surface area contributed by atoms with Crippen LogP contribution in [0.25, 0.3) is 0 Å². The Morgan fingerprint density at radius 3 is 2.64 bits per heavy atom. The predicted octanol–water partition coefficient (Wildman–Crippen LogP) is 1.09. The van der Waals surface area contributed by atoms with Gasteiger partial charge >= 0.3 is 0 Å². The highest BCUT2D eigenvalue weighted by Crippen LogP contribution is 2.45. The maximum absolute atomic E-state index is 11.5. The van der Waals surface area contributed by atoms with Crippen LogP contribution in [-0.2, 0) is 11.8 Å². The van der Waals surface area contributed by atoms with E-state index in [-0.39, 0.29) is 16.9 Å². The van der Waals surface area contributed by atoms with E-state index in [0.29, 0.717) is 17.8 Å². The van der Waals surface area contributed by atoms with Crippen LogP contribution >= 0.6 is 0 Å². The minimum Gasteiger partial charge on any atom is -0.493 e. The van der Waals surface area contributed by atoms with Crippen molar-refractivity contribution in [2.45, 2.75) is 38.5 Å². The van der Waals surface area contributed by atoms with Crippen molar-refractivity contribution in [2.24, 2.45) is 0 Å². The summed E-state index contributed by atoms with van der Waals surface area (Å²) in [6, 6.07) is 0. The summed E-state index contributed by atoms with van der Waals surface area (Å²) in [6.45, 7) is 3.86. The van der Waals surface area contributed by atoms with Gasteiger partial charge in [-0.2, -0.15) is 4.98 Å². The van der Waals surface area contributed by atoms with Gasteiger partial charge in [0.15, 0.2) is 0 Å². The standard InChI is InChI=1S/C10H14N2O2/c1-3-6-7(13)11-9(12-8(6)14)10(2)4-5-10/h3-5H2,1-2H3,(H2,11,12,13,14). The number of rotatable bonds is 2. The van der Waals surface area contributed by atoms with Crippen LogP contribution in [0.2, 0.25) is 0 Å². The molecule has 1 heterocycles. The van der Waals surface area contributed by atoms with Crippen molar-refractivity contribution < 1.29 is 5.11 Å². The van der Waals surface area contributed by atoms with E-state index in [1.807, 2.05) is 13.8 Å². The predicted molar refractivity (Wildman–Crippen MR) is 52.5 cm³/mol. The lowest BCUT2D eigenvalue weighted by atomic mass is 10.1. The van der Waals surface area contributed by atoms with Crippen LogP contribution in [0.1, 0.15) is 38.1 Å². The summed E-state index contributed by atoms with van der Waals surface area (Å²) in [5.74, 6) is 0.511. The number of hydrogen-bond donors (Lipinski definition) is 2. The molecule has 1 saturated carbocycles. The zero-order valence-electron chi connectivity index (χ0n) is 8.42.